The molecule has 2 rings (SSSR count). The van der Waals surface area contributed by atoms with Crippen LogP contribution in [0.1, 0.15) is 11.1 Å². The molecule has 31 heavy (non-hydrogen) atoms. The lowest BCUT2D eigenvalue weighted by Crippen LogP contribution is -2.41. The molecule has 0 unspecified atom stereocenters. The molecule has 0 saturated heterocycles. The Kier molecular flexibility index (Phi) is 7.43. The first-order chi connectivity index (χ1) is 14.3. The van der Waals surface area contributed by atoms with Crippen LogP contribution in [0.15, 0.2) is 48.5 Å². The van der Waals surface area contributed by atoms with Crippen molar-refractivity contribution in [2.45, 2.75) is 11.5 Å². The van der Waals surface area contributed by atoms with Crippen LogP contribution >= 0.6 is 0 Å². The molecule has 0 N–H and O–H groups in total. The third kappa shape index (κ3) is 6.52. The van der Waals surface area contributed by atoms with Crippen LogP contribution in [0, 0.1) is 20.2 Å². The van der Waals surface area contributed by atoms with E-state index in [2.05, 4.69) is 0 Å². The van der Waals surface area contributed by atoms with E-state index in [9.17, 15) is 37.1 Å². The highest BCUT2D eigenvalue weighted by molar-refractivity contribution is 7.89. The minimum Gasteiger partial charge on any atom is -0.258 e. The molecule has 0 aliphatic rings. The third-order valence-corrected chi connectivity index (χ3v) is 7.87. The number of rotatable bonds is 10. The first kappa shape index (κ1) is 24.3. The van der Waals surface area contributed by atoms with Crippen molar-refractivity contribution in [3.63, 3.8) is 0 Å². The Hall–Kier alpha value is -2.94. The van der Waals surface area contributed by atoms with Gasteiger partial charge < -0.3 is 0 Å². The molecule has 12 nitrogen and oxygen atoms in total. The van der Waals surface area contributed by atoms with E-state index in [1.807, 2.05) is 0 Å². The van der Waals surface area contributed by atoms with Crippen LogP contribution in [0.2, 0.25) is 0 Å². The smallest absolute Gasteiger partial charge is 0.258 e. The van der Waals surface area contributed by atoms with E-state index in [4.69, 9.17) is 0 Å². The molecule has 14 heteroatoms. The van der Waals surface area contributed by atoms with Crippen LogP contribution in [0.4, 0.5) is 11.4 Å². The topological polar surface area (TPSA) is 161 Å². The number of nitrogens with zero attached hydrogens (tertiary/aromatic N) is 4. The van der Waals surface area contributed by atoms with Crippen LogP contribution in [-0.4, -0.2) is 56.1 Å². The van der Waals surface area contributed by atoms with Gasteiger partial charge in [-0.2, -0.15) is 8.61 Å². The molecule has 0 spiro atoms. The third-order valence-electron chi connectivity index (χ3n) is 4.34. The lowest BCUT2D eigenvalue weighted by molar-refractivity contribution is -0.385. The predicted molar refractivity (Wildman–Crippen MR) is 112 cm³/mol. The Morgan fingerprint density at radius 1 is 0.677 bits per heavy atom. The Morgan fingerprint density at radius 2 is 0.968 bits per heavy atom. The Bertz CT molecular complexity index is 1070. The van der Waals surface area contributed by atoms with Crippen molar-refractivity contribution in [2.75, 3.05) is 20.8 Å². The number of hydrogen-bond acceptors (Lipinski definition) is 8. The number of nitro benzene ring substituents is 2. The molecule has 0 aliphatic heterocycles. The predicted octanol–water partition coefficient (Wildman–Crippen LogP) is 1.68. The van der Waals surface area contributed by atoms with Crippen LogP contribution < -0.4 is 0 Å². The zero-order valence-corrected chi connectivity index (χ0v) is 18.2. The van der Waals surface area contributed by atoms with Crippen LogP contribution in [0.3, 0.4) is 0 Å². The molecule has 0 amide bonds. The summed E-state index contributed by atoms with van der Waals surface area (Å²) in [6.07, 6.45) is 0. The van der Waals surface area contributed by atoms with Crippen LogP contribution in [0.25, 0.3) is 0 Å². The van der Waals surface area contributed by atoms with E-state index in [0.717, 1.165) is 8.61 Å². The summed E-state index contributed by atoms with van der Waals surface area (Å²) in [5.41, 5.74) is 0.279. The van der Waals surface area contributed by atoms with E-state index >= 15 is 0 Å². The van der Waals surface area contributed by atoms with E-state index in [1.165, 1.54) is 62.6 Å². The van der Waals surface area contributed by atoms with Gasteiger partial charge in [-0.05, 0) is 11.1 Å². The summed E-state index contributed by atoms with van der Waals surface area (Å²) in [5, 5.41) is 21.4. The first-order valence-corrected chi connectivity index (χ1v) is 11.9. The van der Waals surface area contributed by atoms with Gasteiger partial charge in [0.15, 0.2) is 0 Å². The number of benzene rings is 2. The summed E-state index contributed by atoms with van der Waals surface area (Å²) < 4.78 is 51.9. The summed E-state index contributed by atoms with van der Waals surface area (Å²) in [6.45, 7) is -0.454. The van der Waals surface area contributed by atoms with Gasteiger partial charge in [-0.25, -0.2) is 16.8 Å². The molecule has 2 aromatic carbocycles. The van der Waals surface area contributed by atoms with Crippen molar-refractivity contribution in [2.24, 2.45) is 0 Å². The van der Waals surface area contributed by atoms with Gasteiger partial charge in [-0.3, -0.25) is 20.2 Å². The van der Waals surface area contributed by atoms with Gasteiger partial charge >= 0.3 is 0 Å². The molecule has 0 atom stereocenters. The van der Waals surface area contributed by atoms with Gasteiger partial charge in [0.2, 0.25) is 20.0 Å². The van der Waals surface area contributed by atoms with Gasteiger partial charge in [0, 0.05) is 38.4 Å². The van der Waals surface area contributed by atoms with Gasteiger partial charge in [0.1, 0.15) is 0 Å². The quantitative estimate of drug-likeness (QED) is 0.287. The van der Waals surface area contributed by atoms with Crippen LogP contribution in [-0.2, 0) is 31.6 Å². The lowest BCUT2D eigenvalue weighted by Gasteiger charge is -2.24. The van der Waals surface area contributed by atoms with Gasteiger partial charge in [0.05, 0.1) is 28.0 Å². The highest BCUT2D eigenvalue weighted by Crippen LogP contribution is 2.18. The Morgan fingerprint density at radius 3 is 1.23 bits per heavy atom. The summed E-state index contributed by atoms with van der Waals surface area (Å²) in [7, 11) is -5.37. The summed E-state index contributed by atoms with van der Waals surface area (Å²) in [6, 6.07) is 10.0. The number of non-ortho nitro benzene ring substituents is 2. The maximum Gasteiger partial charge on any atom is 0.269 e. The molecule has 0 fully saturated rings. The van der Waals surface area contributed by atoms with E-state index in [-0.39, 0.29) is 11.4 Å². The fourth-order valence-corrected chi connectivity index (χ4v) is 4.97. The summed E-state index contributed by atoms with van der Waals surface area (Å²) in [5.74, 6) is -0.921. The second kappa shape index (κ2) is 9.47. The molecular formula is C17H20N4O8S2. The SMILES string of the molecule is CN(CN(C)S(=O)(=O)Cc1ccc([N+](=O)[O-])cc1)S(=O)(=O)Cc1ccc([N+](=O)[O-])cc1. The fourth-order valence-electron chi connectivity index (χ4n) is 2.53. The van der Waals surface area contributed by atoms with Gasteiger partial charge in [-0.15, -0.1) is 0 Å². The molecule has 0 saturated carbocycles. The molecule has 0 radical (unpaired) electrons. The minimum atomic E-state index is -3.91. The first-order valence-electron chi connectivity index (χ1n) is 8.66. The zero-order valence-electron chi connectivity index (χ0n) is 16.6. The normalized spacial score (nSPS) is 12.3. The van der Waals surface area contributed by atoms with Crippen molar-refractivity contribution in [1.82, 2.24) is 8.61 Å². The Balaban J connectivity index is 2.05. The number of sulfonamides is 2. The monoisotopic (exact) mass is 472 g/mol. The average Bonchev–Trinajstić information content (AvgIpc) is 2.68. The maximum absolute atomic E-state index is 12.5. The molecule has 0 heterocycles. The maximum atomic E-state index is 12.5. The molecule has 0 aliphatic carbocycles. The molecular weight excluding hydrogens is 452 g/mol. The lowest BCUT2D eigenvalue weighted by atomic mass is 10.2. The largest absolute Gasteiger partial charge is 0.269 e. The summed E-state index contributed by atoms with van der Waals surface area (Å²) >= 11 is 0. The summed E-state index contributed by atoms with van der Waals surface area (Å²) in [4.78, 5) is 20.2. The average molecular weight is 473 g/mol. The van der Waals surface area contributed by atoms with Crippen molar-refractivity contribution < 1.29 is 26.7 Å². The molecule has 0 aromatic heterocycles. The van der Waals surface area contributed by atoms with Gasteiger partial charge in [0.25, 0.3) is 11.4 Å². The highest BCUT2D eigenvalue weighted by atomic mass is 32.2. The standard InChI is InChI=1S/C17H20N4O8S2/c1-18(30(26,27)11-14-3-7-16(8-4-14)20(22)23)13-19(2)31(28,29)12-15-5-9-17(10-6-15)21(24)25/h3-10H,11-13H2,1-2H3. The second-order valence-corrected chi connectivity index (χ2v) is 10.8. The second-order valence-electron chi connectivity index (χ2n) is 6.70. The molecule has 2 aromatic rings. The highest BCUT2D eigenvalue weighted by Gasteiger charge is 2.26. The Labute approximate surface area is 179 Å². The van der Waals surface area contributed by atoms with E-state index in [1.54, 1.807) is 0 Å². The van der Waals surface area contributed by atoms with Crippen molar-refractivity contribution in [3.05, 3.63) is 79.9 Å². The zero-order chi connectivity index (χ0) is 23.4. The van der Waals surface area contributed by atoms with E-state index < -0.39 is 48.1 Å². The minimum absolute atomic E-state index is 0.174. The molecule has 168 valence electrons. The molecule has 0 bridgehead atoms. The van der Waals surface area contributed by atoms with Gasteiger partial charge in [-0.1, -0.05) is 24.3 Å². The van der Waals surface area contributed by atoms with Crippen LogP contribution in [0.5, 0.6) is 0 Å². The number of nitro groups is 2. The van der Waals surface area contributed by atoms with Crippen molar-refractivity contribution in [1.29, 1.82) is 0 Å². The van der Waals surface area contributed by atoms with Crippen molar-refractivity contribution in [3.8, 4) is 0 Å². The van der Waals surface area contributed by atoms with Crippen molar-refractivity contribution >= 4 is 31.4 Å². The fraction of sp³-hybridized carbons (Fsp3) is 0.294. The van der Waals surface area contributed by atoms with E-state index in [0.29, 0.717) is 11.1 Å². The number of hydrogen-bond donors (Lipinski definition) is 0.